The normalized spacial score (nSPS) is 11.3. The van der Waals surface area contributed by atoms with E-state index in [-0.39, 0.29) is 16.2 Å². The lowest BCUT2D eigenvalue weighted by atomic mass is 10.2. The van der Waals surface area contributed by atoms with Gasteiger partial charge in [0, 0.05) is 9.50 Å². The predicted molar refractivity (Wildman–Crippen MR) is 83.4 cm³/mol. The van der Waals surface area contributed by atoms with Crippen LogP contribution < -0.4 is 0 Å². The Morgan fingerprint density at radius 1 is 1.19 bits per heavy atom. The van der Waals surface area contributed by atoms with Gasteiger partial charge in [-0.15, -0.1) is 0 Å². The van der Waals surface area contributed by atoms with Gasteiger partial charge in [0.25, 0.3) is 0 Å². The van der Waals surface area contributed by atoms with Gasteiger partial charge in [0.15, 0.2) is 9.84 Å². The van der Waals surface area contributed by atoms with Gasteiger partial charge in [0.1, 0.15) is 0 Å². The van der Waals surface area contributed by atoms with Crippen molar-refractivity contribution in [3.8, 4) is 0 Å². The fraction of sp³-hybridized carbons (Fsp3) is 0.0714. The molecule has 0 aliphatic carbocycles. The number of carboxylic acid groups (broad SMARTS) is 1. The molecule has 2 aromatic rings. The molecule has 0 saturated carbocycles. The lowest BCUT2D eigenvalue weighted by Crippen LogP contribution is -2.07. The summed E-state index contributed by atoms with van der Waals surface area (Å²) in [5, 5.41) is 9.49. The van der Waals surface area contributed by atoms with Crippen molar-refractivity contribution in [2.24, 2.45) is 0 Å². The van der Waals surface area contributed by atoms with Crippen LogP contribution in [0.4, 0.5) is 0 Å². The van der Waals surface area contributed by atoms with Crippen molar-refractivity contribution >= 4 is 43.3 Å². The molecule has 0 unspecified atom stereocenters. The minimum Gasteiger partial charge on any atom is -0.478 e. The number of hydrogen-bond donors (Lipinski definition) is 1. The molecule has 110 valence electrons. The van der Waals surface area contributed by atoms with Crippen LogP contribution in [0, 0.1) is 0 Å². The monoisotopic (exact) mass is 388 g/mol. The molecule has 21 heavy (non-hydrogen) atoms. The third kappa shape index (κ3) is 3.84. The number of carbonyl (C=O) groups is 1. The highest BCUT2D eigenvalue weighted by Gasteiger charge is 2.19. The largest absolute Gasteiger partial charge is 0.478 e. The highest BCUT2D eigenvalue weighted by Crippen LogP contribution is 2.24. The molecule has 0 bridgehead atoms. The Kier molecular flexibility index (Phi) is 4.70. The Morgan fingerprint density at radius 3 is 2.52 bits per heavy atom. The highest BCUT2D eigenvalue weighted by molar-refractivity contribution is 9.10. The second-order valence-electron chi connectivity index (χ2n) is 4.34. The number of aromatic carboxylic acids is 1. The van der Waals surface area contributed by atoms with Crippen molar-refractivity contribution in [2.75, 3.05) is 0 Å². The minimum atomic E-state index is -3.65. The molecule has 7 heteroatoms. The van der Waals surface area contributed by atoms with Gasteiger partial charge < -0.3 is 5.11 Å². The smallest absolute Gasteiger partial charge is 0.336 e. The summed E-state index contributed by atoms with van der Waals surface area (Å²) >= 11 is 8.91. The van der Waals surface area contributed by atoms with Crippen molar-refractivity contribution in [2.45, 2.75) is 10.6 Å². The molecule has 2 aromatic carbocycles. The molecule has 4 nitrogen and oxygen atoms in total. The number of hydrogen-bond acceptors (Lipinski definition) is 3. The quantitative estimate of drug-likeness (QED) is 0.864. The summed E-state index contributed by atoms with van der Waals surface area (Å²) in [6, 6.07) is 10.5. The van der Waals surface area contributed by atoms with Crippen LogP contribution in [0.3, 0.4) is 0 Å². The molecular formula is C14H10BrClO4S. The standard InChI is InChI=1S/C14H10BrClO4S/c15-13-5-4-11(7-12(13)14(17)18)21(19,20)8-9-2-1-3-10(16)6-9/h1-7H,8H2,(H,17,18). The van der Waals surface area contributed by atoms with Gasteiger partial charge in [0.05, 0.1) is 16.2 Å². The molecule has 0 fully saturated rings. The Morgan fingerprint density at radius 2 is 1.90 bits per heavy atom. The van der Waals surface area contributed by atoms with E-state index in [1.165, 1.54) is 12.1 Å². The van der Waals surface area contributed by atoms with Crippen molar-refractivity contribution in [3.05, 3.63) is 63.1 Å². The van der Waals surface area contributed by atoms with E-state index in [9.17, 15) is 13.2 Å². The molecule has 0 aromatic heterocycles. The molecule has 0 spiro atoms. The number of benzene rings is 2. The van der Waals surface area contributed by atoms with Crippen molar-refractivity contribution in [3.63, 3.8) is 0 Å². The van der Waals surface area contributed by atoms with Crippen LogP contribution >= 0.6 is 27.5 Å². The van der Waals surface area contributed by atoms with Crippen molar-refractivity contribution in [1.29, 1.82) is 0 Å². The summed E-state index contributed by atoms with van der Waals surface area (Å²) in [7, 11) is -3.65. The summed E-state index contributed by atoms with van der Waals surface area (Å²) in [6.07, 6.45) is 0. The van der Waals surface area contributed by atoms with Crippen LogP contribution in [-0.2, 0) is 15.6 Å². The van der Waals surface area contributed by atoms with Crippen LogP contribution in [0.25, 0.3) is 0 Å². The molecule has 2 rings (SSSR count). The van der Waals surface area contributed by atoms with Gasteiger partial charge in [0.2, 0.25) is 0 Å². The first kappa shape index (κ1) is 16.0. The maximum absolute atomic E-state index is 12.3. The van der Waals surface area contributed by atoms with Crippen molar-refractivity contribution in [1.82, 2.24) is 0 Å². The SMILES string of the molecule is O=C(O)c1cc(S(=O)(=O)Cc2cccc(Cl)c2)ccc1Br. The Hall–Kier alpha value is -1.37. The van der Waals surface area contributed by atoms with Gasteiger partial charge in [-0.1, -0.05) is 23.7 Å². The molecule has 0 radical (unpaired) electrons. The highest BCUT2D eigenvalue weighted by atomic mass is 79.9. The average molecular weight is 390 g/mol. The first-order valence-corrected chi connectivity index (χ1v) is 8.62. The van der Waals surface area contributed by atoms with Gasteiger partial charge >= 0.3 is 5.97 Å². The van der Waals surface area contributed by atoms with E-state index in [2.05, 4.69) is 15.9 Å². The first-order valence-electron chi connectivity index (χ1n) is 5.79. The van der Waals surface area contributed by atoms with E-state index in [1.54, 1.807) is 24.3 Å². The molecule has 0 amide bonds. The lowest BCUT2D eigenvalue weighted by molar-refractivity contribution is 0.0695. The molecule has 0 aliphatic rings. The lowest BCUT2D eigenvalue weighted by Gasteiger charge is -2.07. The summed E-state index contributed by atoms with van der Waals surface area (Å²) in [5.41, 5.74) is 0.449. The van der Waals surface area contributed by atoms with E-state index in [4.69, 9.17) is 16.7 Å². The number of carboxylic acids is 1. The number of halogens is 2. The molecule has 0 aliphatic heterocycles. The first-order chi connectivity index (χ1) is 9.79. The van der Waals surface area contributed by atoms with E-state index < -0.39 is 15.8 Å². The van der Waals surface area contributed by atoms with Gasteiger partial charge in [-0.3, -0.25) is 0 Å². The molecule has 0 heterocycles. The maximum Gasteiger partial charge on any atom is 0.336 e. The third-order valence-corrected chi connectivity index (χ3v) is 5.39. The average Bonchev–Trinajstić information content (AvgIpc) is 2.38. The molecule has 0 saturated heterocycles. The topological polar surface area (TPSA) is 71.4 Å². The summed E-state index contributed by atoms with van der Waals surface area (Å²) in [5.74, 6) is -1.43. The Balaban J connectivity index is 2.40. The van der Waals surface area contributed by atoms with E-state index >= 15 is 0 Å². The van der Waals surface area contributed by atoms with Crippen LogP contribution in [0.1, 0.15) is 15.9 Å². The van der Waals surface area contributed by atoms with Gasteiger partial charge in [-0.05, 0) is 51.8 Å². The van der Waals surface area contributed by atoms with Crippen LogP contribution in [-0.4, -0.2) is 19.5 Å². The molecular weight excluding hydrogens is 380 g/mol. The minimum absolute atomic E-state index is 0.0388. The summed E-state index contributed by atoms with van der Waals surface area (Å²) in [4.78, 5) is 11.0. The predicted octanol–water partition coefficient (Wildman–Crippen LogP) is 3.77. The van der Waals surface area contributed by atoms with Gasteiger partial charge in [-0.2, -0.15) is 0 Å². The number of sulfone groups is 1. The van der Waals surface area contributed by atoms with Crippen LogP contribution in [0.2, 0.25) is 5.02 Å². The fourth-order valence-electron chi connectivity index (χ4n) is 1.79. The summed E-state index contributed by atoms with van der Waals surface area (Å²) < 4.78 is 25.0. The maximum atomic E-state index is 12.3. The van der Waals surface area contributed by atoms with E-state index in [1.807, 2.05) is 0 Å². The van der Waals surface area contributed by atoms with E-state index in [0.29, 0.717) is 15.1 Å². The number of rotatable bonds is 4. The Bertz CT molecular complexity index is 802. The third-order valence-electron chi connectivity index (χ3n) is 2.77. The van der Waals surface area contributed by atoms with Gasteiger partial charge in [-0.25, -0.2) is 13.2 Å². The summed E-state index contributed by atoms with van der Waals surface area (Å²) in [6.45, 7) is 0. The zero-order valence-corrected chi connectivity index (χ0v) is 13.7. The molecule has 0 atom stereocenters. The van der Waals surface area contributed by atoms with Crippen LogP contribution in [0.15, 0.2) is 51.8 Å². The second kappa shape index (κ2) is 6.17. The zero-order chi connectivity index (χ0) is 15.6. The zero-order valence-electron chi connectivity index (χ0n) is 10.6. The molecule has 1 N–H and O–H groups in total. The Labute approximate surface area is 135 Å². The fourth-order valence-corrected chi connectivity index (χ4v) is 3.78. The second-order valence-corrected chi connectivity index (χ2v) is 7.62. The van der Waals surface area contributed by atoms with Crippen LogP contribution in [0.5, 0.6) is 0 Å². The van der Waals surface area contributed by atoms with Crippen molar-refractivity contribution < 1.29 is 18.3 Å². The van der Waals surface area contributed by atoms with E-state index in [0.717, 1.165) is 6.07 Å².